The quantitative estimate of drug-likeness (QED) is 0.418. The Bertz CT molecular complexity index is 937. The number of aliphatic hydroxyl groups excluding tert-OH is 2. The first kappa shape index (κ1) is 36.0. The van der Waals surface area contributed by atoms with Crippen LogP contribution in [0.25, 0.3) is 0 Å². The number of hydrogen-bond acceptors (Lipinski definition) is 11. The molecule has 11 unspecified atom stereocenters. The van der Waals surface area contributed by atoms with Gasteiger partial charge in [-0.15, -0.1) is 0 Å². The number of methoxy groups -OCH3 is 1. The molecule has 0 radical (unpaired) electrons. The van der Waals surface area contributed by atoms with Crippen LogP contribution in [0.4, 0.5) is 0 Å². The highest BCUT2D eigenvalue weighted by Gasteiger charge is 2.48. The maximum atomic E-state index is 13.0. The SMILES string of the molecule is CCC(=O)OC1CC(=O)OC(C)CC=CC=CC(=O)C(C)CC(CC)C(OC2OC(C)C(O)C(N(C)C)C2O)C1OC. The van der Waals surface area contributed by atoms with E-state index in [9.17, 15) is 24.6 Å². The number of allylic oxidation sites excluding steroid dienone is 3. The highest BCUT2D eigenvalue weighted by atomic mass is 16.7. The number of aliphatic hydroxyl groups is 2. The number of ketones is 1. The number of cyclic esters (lactones) is 1. The fourth-order valence-electron chi connectivity index (χ4n) is 5.57. The van der Waals surface area contributed by atoms with E-state index in [0.29, 0.717) is 19.3 Å². The Labute approximate surface area is 250 Å². The van der Waals surface area contributed by atoms with Crippen molar-refractivity contribution in [1.29, 1.82) is 0 Å². The molecule has 0 bridgehead atoms. The molecule has 0 spiro atoms. The minimum absolute atomic E-state index is 0.0651. The van der Waals surface area contributed by atoms with Crippen molar-refractivity contribution in [2.24, 2.45) is 11.8 Å². The van der Waals surface area contributed by atoms with E-state index < -0.39 is 67.0 Å². The first-order valence-electron chi connectivity index (χ1n) is 15.0. The van der Waals surface area contributed by atoms with Gasteiger partial charge in [-0.2, -0.15) is 0 Å². The smallest absolute Gasteiger partial charge is 0.309 e. The third-order valence-electron chi connectivity index (χ3n) is 8.04. The number of nitrogens with zero attached hydrogens (tertiary/aromatic N) is 1. The van der Waals surface area contributed by atoms with Crippen molar-refractivity contribution in [1.82, 2.24) is 4.90 Å². The summed E-state index contributed by atoms with van der Waals surface area (Å²) < 4.78 is 29.7. The van der Waals surface area contributed by atoms with Crippen LogP contribution in [0.3, 0.4) is 0 Å². The average molecular weight is 598 g/mol. The van der Waals surface area contributed by atoms with Crippen LogP contribution in [0.5, 0.6) is 0 Å². The molecule has 2 aliphatic rings. The molecule has 0 aromatic rings. The van der Waals surface area contributed by atoms with E-state index in [1.807, 2.05) is 19.9 Å². The summed E-state index contributed by atoms with van der Waals surface area (Å²) >= 11 is 0. The lowest BCUT2D eigenvalue weighted by Gasteiger charge is -2.46. The Hall–Kier alpha value is -2.15. The van der Waals surface area contributed by atoms with Gasteiger partial charge in [-0.1, -0.05) is 45.4 Å². The number of hydrogen-bond donors (Lipinski definition) is 2. The lowest BCUT2D eigenvalue weighted by Crippen LogP contribution is -2.63. The predicted molar refractivity (Wildman–Crippen MR) is 155 cm³/mol. The van der Waals surface area contributed by atoms with Crippen LogP contribution in [-0.2, 0) is 38.1 Å². The van der Waals surface area contributed by atoms with Crippen LogP contribution >= 0.6 is 0 Å². The van der Waals surface area contributed by atoms with E-state index in [-0.39, 0.29) is 30.5 Å². The number of carbonyl (C=O) groups is 3. The van der Waals surface area contributed by atoms with Crippen molar-refractivity contribution >= 4 is 17.7 Å². The topological polar surface area (TPSA) is 141 Å². The molecule has 2 rings (SSSR count). The fourth-order valence-corrected chi connectivity index (χ4v) is 5.57. The van der Waals surface area contributed by atoms with Gasteiger partial charge < -0.3 is 38.8 Å². The molecular formula is C31H51NO10. The normalized spacial score (nSPS) is 37.5. The molecule has 11 atom stereocenters. The van der Waals surface area contributed by atoms with Gasteiger partial charge in [0.25, 0.3) is 0 Å². The molecule has 0 aromatic carbocycles. The van der Waals surface area contributed by atoms with Gasteiger partial charge in [0.1, 0.15) is 24.4 Å². The van der Waals surface area contributed by atoms with Crippen LogP contribution in [0.2, 0.25) is 0 Å². The minimum Gasteiger partial charge on any atom is -0.462 e. The Morgan fingerprint density at radius 1 is 1.07 bits per heavy atom. The highest BCUT2D eigenvalue weighted by molar-refractivity contribution is 5.91. The first-order valence-corrected chi connectivity index (χ1v) is 15.0. The zero-order valence-corrected chi connectivity index (χ0v) is 26.3. The number of carbonyl (C=O) groups excluding carboxylic acids is 3. The van der Waals surface area contributed by atoms with E-state index in [4.69, 9.17) is 23.7 Å². The summed E-state index contributed by atoms with van der Waals surface area (Å²) in [5, 5.41) is 22.0. The summed E-state index contributed by atoms with van der Waals surface area (Å²) in [6, 6.07) is -0.685. The standard InChI is InChI=1S/C31H51NO10/c1-9-21-16-18(3)22(33)15-13-11-12-14-19(4)39-25(35)17-23(41-24(34)10-2)30(38-8)29(21)42-31-28(37)26(32(6)7)27(36)20(5)40-31/h11-13,15,18-21,23,26-31,36-37H,9-10,14,16-17H2,1-8H3. The Balaban J connectivity index is 2.59. The van der Waals surface area contributed by atoms with Gasteiger partial charge in [-0.3, -0.25) is 14.4 Å². The summed E-state index contributed by atoms with van der Waals surface area (Å²) in [5.41, 5.74) is 0. The zero-order chi connectivity index (χ0) is 31.6. The van der Waals surface area contributed by atoms with Gasteiger partial charge in [0.2, 0.25) is 0 Å². The molecule has 2 aliphatic heterocycles. The van der Waals surface area contributed by atoms with Gasteiger partial charge in [0, 0.05) is 25.9 Å². The van der Waals surface area contributed by atoms with Crippen LogP contribution < -0.4 is 0 Å². The third kappa shape index (κ3) is 9.96. The number of ether oxygens (including phenoxy) is 5. The molecule has 1 saturated heterocycles. The molecule has 0 aliphatic carbocycles. The van der Waals surface area contributed by atoms with Crippen LogP contribution in [-0.4, -0.2) is 109 Å². The van der Waals surface area contributed by atoms with Crippen molar-refractivity contribution < 1.29 is 48.3 Å². The first-order chi connectivity index (χ1) is 19.8. The summed E-state index contributed by atoms with van der Waals surface area (Å²) in [6.07, 6.45) is 0.474. The monoisotopic (exact) mass is 597 g/mol. The zero-order valence-electron chi connectivity index (χ0n) is 26.3. The molecular weight excluding hydrogens is 546 g/mol. The van der Waals surface area contributed by atoms with E-state index in [1.54, 1.807) is 51.9 Å². The molecule has 42 heavy (non-hydrogen) atoms. The second-order valence-corrected chi connectivity index (χ2v) is 11.6. The number of likely N-dealkylation sites (N-methyl/N-ethyl adjacent to an activating group) is 1. The minimum atomic E-state index is -1.24. The predicted octanol–water partition coefficient (Wildman–Crippen LogP) is 2.56. The fraction of sp³-hybridized carbons (Fsp3) is 0.774. The van der Waals surface area contributed by atoms with E-state index in [2.05, 4.69) is 0 Å². The summed E-state index contributed by atoms with van der Waals surface area (Å²) in [7, 11) is 4.92. The summed E-state index contributed by atoms with van der Waals surface area (Å²) in [6.45, 7) is 8.87. The molecule has 2 N–H and O–H groups in total. The second-order valence-electron chi connectivity index (χ2n) is 11.6. The van der Waals surface area contributed by atoms with Crippen molar-refractivity contribution in [2.45, 2.75) is 122 Å². The Kier molecular flexibility index (Phi) is 14.8. The Morgan fingerprint density at radius 3 is 2.36 bits per heavy atom. The van der Waals surface area contributed by atoms with Crippen molar-refractivity contribution in [2.75, 3.05) is 21.2 Å². The molecule has 11 nitrogen and oxygen atoms in total. The van der Waals surface area contributed by atoms with E-state index >= 15 is 0 Å². The molecule has 0 amide bonds. The van der Waals surface area contributed by atoms with Gasteiger partial charge in [0.05, 0.1) is 30.8 Å². The van der Waals surface area contributed by atoms with Gasteiger partial charge in [0.15, 0.2) is 12.1 Å². The molecule has 0 aromatic heterocycles. The second kappa shape index (κ2) is 17.2. The molecule has 240 valence electrons. The molecule has 2 heterocycles. The van der Waals surface area contributed by atoms with Crippen LogP contribution in [0.15, 0.2) is 24.3 Å². The van der Waals surface area contributed by atoms with Crippen molar-refractivity contribution in [3.63, 3.8) is 0 Å². The summed E-state index contributed by atoms with van der Waals surface area (Å²) in [4.78, 5) is 40.3. The number of rotatable bonds is 7. The van der Waals surface area contributed by atoms with Crippen LogP contribution in [0, 0.1) is 11.8 Å². The van der Waals surface area contributed by atoms with Gasteiger partial charge in [-0.05, 0) is 46.4 Å². The van der Waals surface area contributed by atoms with Crippen molar-refractivity contribution in [3.8, 4) is 0 Å². The van der Waals surface area contributed by atoms with E-state index in [1.165, 1.54) is 13.2 Å². The van der Waals surface area contributed by atoms with E-state index in [0.717, 1.165) is 0 Å². The highest BCUT2D eigenvalue weighted by Crippen LogP contribution is 2.33. The maximum Gasteiger partial charge on any atom is 0.309 e. The third-order valence-corrected chi connectivity index (χ3v) is 8.04. The largest absolute Gasteiger partial charge is 0.462 e. The maximum absolute atomic E-state index is 13.0. The molecule has 11 heteroatoms. The summed E-state index contributed by atoms with van der Waals surface area (Å²) in [5.74, 6) is -1.88. The van der Waals surface area contributed by atoms with Gasteiger partial charge in [-0.25, -0.2) is 0 Å². The number of esters is 2. The van der Waals surface area contributed by atoms with Gasteiger partial charge >= 0.3 is 11.9 Å². The lowest BCUT2D eigenvalue weighted by atomic mass is 9.83. The molecule has 1 fully saturated rings. The Morgan fingerprint density at radius 2 is 1.76 bits per heavy atom. The average Bonchev–Trinajstić information content (AvgIpc) is 2.92. The van der Waals surface area contributed by atoms with Crippen LogP contribution in [0.1, 0.15) is 66.7 Å². The molecule has 0 saturated carbocycles. The lowest BCUT2D eigenvalue weighted by molar-refractivity contribution is -0.310. The van der Waals surface area contributed by atoms with Crippen molar-refractivity contribution in [3.05, 3.63) is 24.3 Å².